The maximum absolute atomic E-state index is 11.3. The van der Waals surface area contributed by atoms with Gasteiger partial charge in [-0.3, -0.25) is 30.3 Å². The van der Waals surface area contributed by atoms with Crippen LogP contribution >= 0.6 is 0 Å². The van der Waals surface area contributed by atoms with E-state index in [4.69, 9.17) is 0 Å². The largest absolute Gasteiger partial charge is 0.422 e. The quantitative estimate of drug-likeness (QED) is 0.207. The molecule has 0 atom stereocenters. The number of fused-ring (bicyclic) bond motifs is 6. The molecule has 4 aromatic carbocycles. The van der Waals surface area contributed by atoms with Gasteiger partial charge in [0, 0.05) is 28.8 Å². The van der Waals surface area contributed by atoms with Crippen molar-refractivity contribution in [2.24, 2.45) is 0 Å². The second kappa shape index (κ2) is 9.00. The third-order valence-corrected chi connectivity index (χ3v) is 6.39. The van der Waals surface area contributed by atoms with Crippen LogP contribution in [0.1, 0.15) is 16.7 Å². The molecule has 0 spiro atoms. The number of nitrogens with one attached hydrogen (secondary N) is 1. The highest BCUT2D eigenvalue weighted by Crippen LogP contribution is 2.49. The first-order valence-corrected chi connectivity index (χ1v) is 11.1. The van der Waals surface area contributed by atoms with Gasteiger partial charge in [0.15, 0.2) is 0 Å². The maximum Gasteiger partial charge on any atom is 0.422 e. The molecule has 10 heteroatoms. The molecule has 1 aromatic heterocycles. The number of hydrogen-bond acceptors (Lipinski definition) is 6. The minimum absolute atomic E-state index is 0.140. The molecule has 0 saturated heterocycles. The molecule has 1 aliphatic rings. The third-order valence-electron chi connectivity index (χ3n) is 6.39. The van der Waals surface area contributed by atoms with Gasteiger partial charge in [-0.05, 0) is 28.3 Å². The summed E-state index contributed by atoms with van der Waals surface area (Å²) in [7, 11) is 0. The van der Waals surface area contributed by atoms with E-state index in [1.54, 1.807) is 24.3 Å². The van der Waals surface area contributed by atoms with Crippen LogP contribution in [0, 0.1) is 30.3 Å². The van der Waals surface area contributed by atoms with Crippen molar-refractivity contribution in [1.29, 1.82) is 0 Å². The lowest BCUT2D eigenvalue weighted by Gasteiger charge is -2.03. The van der Waals surface area contributed by atoms with Crippen molar-refractivity contribution in [3.63, 3.8) is 0 Å². The molecule has 0 bridgehead atoms. The van der Waals surface area contributed by atoms with Crippen molar-refractivity contribution in [3.05, 3.63) is 126 Å². The molecule has 1 heterocycles. The second-order valence-corrected chi connectivity index (χ2v) is 8.37. The topological polar surface area (TPSA) is 145 Å². The number of aromatic amines is 1. The van der Waals surface area contributed by atoms with Crippen molar-refractivity contribution in [2.45, 2.75) is 6.42 Å². The molecule has 1 N–H and O–H groups in total. The van der Waals surface area contributed by atoms with E-state index in [0.717, 1.165) is 17.2 Å². The summed E-state index contributed by atoms with van der Waals surface area (Å²) in [5, 5.41) is 36.0. The van der Waals surface area contributed by atoms with Crippen LogP contribution in [0.25, 0.3) is 39.0 Å². The Morgan fingerprint density at radius 2 is 1.43 bits per heavy atom. The number of benzene rings is 4. The average molecular weight is 494 g/mol. The molecular formula is C27H18N4O6. The van der Waals surface area contributed by atoms with Crippen molar-refractivity contribution < 1.29 is 14.8 Å². The predicted octanol–water partition coefficient (Wildman–Crippen LogP) is 6.95. The first-order valence-electron chi connectivity index (χ1n) is 11.1. The highest BCUT2D eigenvalue weighted by Gasteiger charge is 2.42. The van der Waals surface area contributed by atoms with Crippen LogP contribution in [0.2, 0.25) is 0 Å². The van der Waals surface area contributed by atoms with Crippen LogP contribution < -0.4 is 0 Å². The molecule has 0 radical (unpaired) electrons. The van der Waals surface area contributed by atoms with Crippen molar-refractivity contribution in [2.75, 3.05) is 0 Å². The van der Waals surface area contributed by atoms with Crippen LogP contribution in [0.4, 0.5) is 17.1 Å². The fraction of sp³-hybridized carbons (Fsp3) is 0.0370. The SMILES string of the molecule is C=Cc1cccc2c1[nH]c1ccccc12.O=[N+]([O-])c1cc2c(c([N+](=O)[O-])c1[N+](=O)[O-])Cc1ccccc1-2. The van der Waals surface area contributed by atoms with Gasteiger partial charge in [-0.25, -0.2) is 0 Å². The zero-order valence-electron chi connectivity index (χ0n) is 19.2. The number of nitro groups is 3. The molecule has 0 unspecified atom stereocenters. The van der Waals surface area contributed by atoms with Gasteiger partial charge in [0.25, 0.3) is 0 Å². The van der Waals surface area contributed by atoms with Gasteiger partial charge in [-0.2, -0.15) is 0 Å². The summed E-state index contributed by atoms with van der Waals surface area (Å²) in [5.74, 6) is 0. The summed E-state index contributed by atoms with van der Waals surface area (Å²) in [6.45, 7) is 3.83. The van der Waals surface area contributed by atoms with Crippen molar-refractivity contribution in [3.8, 4) is 11.1 Å². The van der Waals surface area contributed by atoms with Gasteiger partial charge in [0.05, 0.1) is 25.9 Å². The van der Waals surface area contributed by atoms with E-state index in [-0.39, 0.29) is 12.0 Å². The Kier molecular flexibility index (Phi) is 5.69. The van der Waals surface area contributed by atoms with Gasteiger partial charge in [-0.15, -0.1) is 0 Å². The number of H-pyrrole nitrogens is 1. The van der Waals surface area contributed by atoms with Gasteiger partial charge in [-0.1, -0.05) is 73.3 Å². The van der Waals surface area contributed by atoms with E-state index in [9.17, 15) is 30.3 Å². The fourth-order valence-electron chi connectivity index (χ4n) is 4.81. The van der Waals surface area contributed by atoms with Crippen molar-refractivity contribution in [1.82, 2.24) is 4.98 Å². The van der Waals surface area contributed by atoms with Crippen LogP contribution in [-0.4, -0.2) is 19.8 Å². The Hall–Kier alpha value is -5.38. The molecule has 0 saturated carbocycles. The summed E-state index contributed by atoms with van der Waals surface area (Å²) in [4.78, 5) is 34.0. The van der Waals surface area contributed by atoms with Crippen LogP contribution in [-0.2, 0) is 6.42 Å². The Labute approximate surface area is 208 Å². The number of nitrogens with zero attached hydrogens (tertiary/aromatic N) is 3. The molecule has 0 aliphatic heterocycles. The lowest BCUT2D eigenvalue weighted by atomic mass is 10.0. The summed E-state index contributed by atoms with van der Waals surface area (Å²) < 4.78 is 0. The molecule has 1 aliphatic carbocycles. The maximum atomic E-state index is 11.3. The Morgan fingerprint density at radius 1 is 0.757 bits per heavy atom. The molecule has 10 nitrogen and oxygen atoms in total. The van der Waals surface area contributed by atoms with Crippen molar-refractivity contribution >= 4 is 44.9 Å². The summed E-state index contributed by atoms with van der Waals surface area (Å²) >= 11 is 0. The predicted molar refractivity (Wildman–Crippen MR) is 141 cm³/mol. The Bertz CT molecular complexity index is 1770. The highest BCUT2D eigenvalue weighted by molar-refractivity contribution is 6.09. The lowest BCUT2D eigenvalue weighted by molar-refractivity contribution is -0.441. The van der Waals surface area contributed by atoms with Gasteiger partial charge in [0.1, 0.15) is 0 Å². The van der Waals surface area contributed by atoms with Gasteiger partial charge in [0.2, 0.25) is 0 Å². The smallest absolute Gasteiger partial charge is 0.354 e. The van der Waals surface area contributed by atoms with Crippen LogP contribution in [0.15, 0.2) is 79.4 Å². The first kappa shape index (κ1) is 23.4. The monoisotopic (exact) mass is 494 g/mol. The van der Waals surface area contributed by atoms with E-state index < -0.39 is 31.8 Å². The second-order valence-electron chi connectivity index (χ2n) is 8.37. The zero-order valence-corrected chi connectivity index (χ0v) is 19.2. The lowest BCUT2D eigenvalue weighted by Crippen LogP contribution is -2.04. The molecule has 6 rings (SSSR count). The molecule has 0 amide bonds. The number of aromatic nitrogens is 1. The third kappa shape index (κ3) is 3.86. The minimum Gasteiger partial charge on any atom is -0.354 e. The fourth-order valence-corrected chi connectivity index (χ4v) is 4.81. The molecule has 5 aromatic rings. The molecule has 182 valence electrons. The van der Waals surface area contributed by atoms with E-state index in [1.165, 1.54) is 21.8 Å². The number of nitro benzene ring substituents is 3. The van der Waals surface area contributed by atoms with E-state index in [2.05, 4.69) is 48.0 Å². The zero-order chi connectivity index (χ0) is 26.3. The average Bonchev–Trinajstić information content (AvgIpc) is 3.46. The standard InChI is InChI=1S/C14H11N.C13H7N3O6/c1-2-10-6-5-8-12-11-7-3-4-9-13(11)15-14(10)12;17-14(18)11-6-9-8-4-2-1-3-7(8)5-10(9)12(15(19)20)13(11)16(21)22/h2-9,15H,1H2;1-4,6H,5H2. The van der Waals surface area contributed by atoms with E-state index in [1.807, 2.05) is 12.1 Å². The normalized spacial score (nSPS) is 11.4. The first-order chi connectivity index (χ1) is 17.8. The van der Waals surface area contributed by atoms with E-state index >= 15 is 0 Å². The number of hydrogen-bond donors (Lipinski definition) is 1. The van der Waals surface area contributed by atoms with Gasteiger partial charge < -0.3 is 4.98 Å². The minimum atomic E-state index is -1.07. The summed E-state index contributed by atoms with van der Waals surface area (Å²) in [6, 6.07) is 22.5. The van der Waals surface area contributed by atoms with Crippen LogP contribution in [0.5, 0.6) is 0 Å². The van der Waals surface area contributed by atoms with E-state index in [0.29, 0.717) is 11.1 Å². The summed E-state index contributed by atoms with van der Waals surface area (Å²) in [5.41, 5.74) is 2.59. The Morgan fingerprint density at radius 3 is 2.14 bits per heavy atom. The van der Waals surface area contributed by atoms with Gasteiger partial charge >= 0.3 is 17.1 Å². The van der Waals surface area contributed by atoms with Crippen LogP contribution in [0.3, 0.4) is 0 Å². The summed E-state index contributed by atoms with van der Waals surface area (Å²) in [6.07, 6.45) is 2.03. The molecule has 0 fully saturated rings. The molecule has 37 heavy (non-hydrogen) atoms. The number of para-hydroxylation sites is 2. The molecular weight excluding hydrogens is 476 g/mol. The highest BCUT2D eigenvalue weighted by atomic mass is 16.6. The Balaban J connectivity index is 0.000000162. The number of rotatable bonds is 4.